The van der Waals surface area contributed by atoms with Crippen LogP contribution in [0, 0.1) is 0 Å². The fraction of sp³-hybridized carbons (Fsp3) is 0.600. The van der Waals surface area contributed by atoms with Crippen molar-refractivity contribution >= 4 is 11.6 Å². The molecule has 1 aromatic heterocycles. The Hall–Kier alpha value is -1.36. The molecule has 15 heavy (non-hydrogen) atoms. The first-order chi connectivity index (χ1) is 7.02. The van der Waals surface area contributed by atoms with Crippen LogP contribution in [-0.4, -0.2) is 48.9 Å². The van der Waals surface area contributed by atoms with Crippen molar-refractivity contribution in [3.05, 3.63) is 12.4 Å². The lowest BCUT2D eigenvalue weighted by Gasteiger charge is -2.24. The zero-order valence-electron chi connectivity index (χ0n) is 9.68. The van der Waals surface area contributed by atoms with Gasteiger partial charge >= 0.3 is 0 Å². The van der Waals surface area contributed by atoms with Gasteiger partial charge in [0.1, 0.15) is 0 Å². The summed E-state index contributed by atoms with van der Waals surface area (Å²) >= 11 is 0. The molecule has 0 aromatic carbocycles. The highest BCUT2D eigenvalue weighted by molar-refractivity contribution is 5.60. The van der Waals surface area contributed by atoms with Crippen molar-refractivity contribution in [3.63, 3.8) is 0 Å². The average Bonchev–Trinajstić information content (AvgIpc) is 2.16. The lowest BCUT2D eigenvalue weighted by molar-refractivity contribution is 0.201. The van der Waals surface area contributed by atoms with Crippen molar-refractivity contribution in [3.8, 4) is 0 Å². The molecule has 0 aliphatic carbocycles. The second-order valence-electron chi connectivity index (χ2n) is 3.83. The lowest BCUT2D eigenvalue weighted by Crippen LogP contribution is -2.29. The molecule has 0 bridgehead atoms. The SMILES string of the molecule is CC(O)CN(C)c1nccnc1N(C)C. The van der Waals surface area contributed by atoms with Crippen molar-refractivity contribution in [1.29, 1.82) is 0 Å². The first kappa shape index (κ1) is 11.7. The second-order valence-corrected chi connectivity index (χ2v) is 3.83. The Balaban J connectivity index is 2.92. The monoisotopic (exact) mass is 210 g/mol. The number of hydrogen-bond donors (Lipinski definition) is 1. The summed E-state index contributed by atoms with van der Waals surface area (Å²) in [6, 6.07) is 0. The number of nitrogens with zero attached hydrogens (tertiary/aromatic N) is 4. The minimum Gasteiger partial charge on any atom is -0.392 e. The highest BCUT2D eigenvalue weighted by Crippen LogP contribution is 2.20. The number of anilines is 2. The van der Waals surface area contributed by atoms with Crippen LogP contribution < -0.4 is 9.80 Å². The maximum Gasteiger partial charge on any atom is 0.171 e. The van der Waals surface area contributed by atoms with Gasteiger partial charge in [-0.15, -0.1) is 0 Å². The summed E-state index contributed by atoms with van der Waals surface area (Å²) in [6.45, 7) is 2.29. The summed E-state index contributed by atoms with van der Waals surface area (Å²) in [5.41, 5.74) is 0. The smallest absolute Gasteiger partial charge is 0.171 e. The van der Waals surface area contributed by atoms with Gasteiger partial charge in [0, 0.05) is 40.1 Å². The molecule has 0 radical (unpaired) electrons. The topological polar surface area (TPSA) is 52.5 Å². The van der Waals surface area contributed by atoms with Crippen molar-refractivity contribution in [1.82, 2.24) is 9.97 Å². The third kappa shape index (κ3) is 3.06. The molecular formula is C10H18N4O. The van der Waals surface area contributed by atoms with Gasteiger partial charge in [0.25, 0.3) is 0 Å². The molecule has 0 aliphatic rings. The molecule has 0 amide bonds. The Kier molecular flexibility index (Phi) is 3.85. The van der Waals surface area contributed by atoms with E-state index in [-0.39, 0.29) is 6.10 Å². The number of aromatic nitrogens is 2. The molecule has 0 aliphatic heterocycles. The fourth-order valence-corrected chi connectivity index (χ4v) is 1.39. The van der Waals surface area contributed by atoms with E-state index in [1.54, 1.807) is 19.3 Å². The molecule has 0 saturated carbocycles. The largest absolute Gasteiger partial charge is 0.392 e. The zero-order chi connectivity index (χ0) is 11.4. The predicted octanol–water partition coefficient (Wildman–Crippen LogP) is 0.360. The Bertz CT molecular complexity index is 314. The molecule has 5 nitrogen and oxygen atoms in total. The Morgan fingerprint density at radius 3 is 2.20 bits per heavy atom. The summed E-state index contributed by atoms with van der Waals surface area (Å²) in [7, 11) is 5.73. The van der Waals surface area contributed by atoms with Gasteiger partial charge in [-0.3, -0.25) is 0 Å². The van der Waals surface area contributed by atoms with Gasteiger partial charge in [0.15, 0.2) is 11.6 Å². The fourth-order valence-electron chi connectivity index (χ4n) is 1.39. The van der Waals surface area contributed by atoms with Gasteiger partial charge in [0.2, 0.25) is 0 Å². The van der Waals surface area contributed by atoms with Crippen molar-refractivity contribution < 1.29 is 5.11 Å². The van der Waals surface area contributed by atoms with E-state index in [9.17, 15) is 5.11 Å². The van der Waals surface area contributed by atoms with Crippen LogP contribution in [0.15, 0.2) is 12.4 Å². The van der Waals surface area contributed by atoms with Gasteiger partial charge in [-0.05, 0) is 6.92 Å². The van der Waals surface area contributed by atoms with Crippen LogP contribution in [0.4, 0.5) is 11.6 Å². The molecular weight excluding hydrogens is 192 g/mol. The van der Waals surface area contributed by atoms with E-state index in [4.69, 9.17) is 0 Å². The average molecular weight is 210 g/mol. The molecule has 84 valence electrons. The van der Waals surface area contributed by atoms with E-state index >= 15 is 0 Å². The molecule has 0 spiro atoms. The number of hydrogen-bond acceptors (Lipinski definition) is 5. The van der Waals surface area contributed by atoms with Crippen molar-refractivity contribution in [2.75, 3.05) is 37.5 Å². The Morgan fingerprint density at radius 1 is 1.20 bits per heavy atom. The maximum atomic E-state index is 9.31. The molecule has 5 heteroatoms. The van der Waals surface area contributed by atoms with Gasteiger partial charge in [-0.1, -0.05) is 0 Å². The standard InChI is InChI=1S/C10H18N4O/c1-8(15)7-14(4)10-9(13(2)3)11-5-6-12-10/h5-6,8,15H,7H2,1-4H3. The number of aliphatic hydroxyl groups is 1. The van der Waals surface area contributed by atoms with E-state index in [0.29, 0.717) is 6.54 Å². The summed E-state index contributed by atoms with van der Waals surface area (Å²) in [4.78, 5) is 12.3. The van der Waals surface area contributed by atoms with Crippen LogP contribution in [0.2, 0.25) is 0 Å². The minimum absolute atomic E-state index is 0.382. The van der Waals surface area contributed by atoms with Gasteiger partial charge < -0.3 is 14.9 Å². The number of aliphatic hydroxyl groups excluding tert-OH is 1. The Labute approximate surface area is 90.4 Å². The predicted molar refractivity (Wildman–Crippen MR) is 61.3 cm³/mol. The summed E-state index contributed by atoms with van der Waals surface area (Å²) < 4.78 is 0. The van der Waals surface area contributed by atoms with Crippen LogP contribution in [0.1, 0.15) is 6.92 Å². The molecule has 1 N–H and O–H groups in total. The first-order valence-corrected chi connectivity index (χ1v) is 4.90. The Morgan fingerprint density at radius 2 is 1.73 bits per heavy atom. The highest BCUT2D eigenvalue weighted by atomic mass is 16.3. The summed E-state index contributed by atoms with van der Waals surface area (Å²) in [5.74, 6) is 1.59. The van der Waals surface area contributed by atoms with Crippen LogP contribution in [-0.2, 0) is 0 Å². The maximum absolute atomic E-state index is 9.31. The number of rotatable bonds is 4. The van der Waals surface area contributed by atoms with Crippen molar-refractivity contribution in [2.24, 2.45) is 0 Å². The molecule has 0 saturated heterocycles. The molecule has 1 unspecified atom stereocenters. The third-order valence-electron chi connectivity index (χ3n) is 1.98. The zero-order valence-corrected chi connectivity index (χ0v) is 9.68. The van der Waals surface area contributed by atoms with Crippen LogP contribution in [0.25, 0.3) is 0 Å². The molecule has 1 atom stereocenters. The highest BCUT2D eigenvalue weighted by Gasteiger charge is 2.12. The van der Waals surface area contributed by atoms with Crippen molar-refractivity contribution in [2.45, 2.75) is 13.0 Å². The van der Waals surface area contributed by atoms with Crippen LogP contribution in [0.3, 0.4) is 0 Å². The van der Waals surface area contributed by atoms with E-state index in [1.165, 1.54) is 0 Å². The van der Waals surface area contributed by atoms with E-state index in [0.717, 1.165) is 11.6 Å². The van der Waals surface area contributed by atoms with Gasteiger partial charge in [-0.25, -0.2) is 9.97 Å². The lowest BCUT2D eigenvalue weighted by atomic mass is 10.3. The quantitative estimate of drug-likeness (QED) is 0.777. The minimum atomic E-state index is -0.382. The molecule has 1 heterocycles. The van der Waals surface area contributed by atoms with Crippen LogP contribution >= 0.6 is 0 Å². The third-order valence-corrected chi connectivity index (χ3v) is 1.98. The molecule has 1 aromatic rings. The van der Waals surface area contributed by atoms with E-state index in [2.05, 4.69) is 9.97 Å². The normalized spacial score (nSPS) is 12.3. The first-order valence-electron chi connectivity index (χ1n) is 4.90. The van der Waals surface area contributed by atoms with Gasteiger partial charge in [-0.2, -0.15) is 0 Å². The second kappa shape index (κ2) is 4.93. The summed E-state index contributed by atoms with van der Waals surface area (Å²) in [6.07, 6.45) is 2.93. The van der Waals surface area contributed by atoms with Crippen LogP contribution in [0.5, 0.6) is 0 Å². The summed E-state index contributed by atoms with van der Waals surface area (Å²) in [5, 5.41) is 9.31. The molecule has 0 fully saturated rings. The number of likely N-dealkylation sites (N-methyl/N-ethyl adjacent to an activating group) is 1. The van der Waals surface area contributed by atoms with Gasteiger partial charge in [0.05, 0.1) is 6.10 Å². The van der Waals surface area contributed by atoms with E-state index in [1.807, 2.05) is 30.9 Å². The van der Waals surface area contributed by atoms with E-state index < -0.39 is 0 Å². The molecule has 1 rings (SSSR count).